The third kappa shape index (κ3) is 2.23. The molecular weight excluding hydrogens is 214 g/mol. The van der Waals surface area contributed by atoms with Gasteiger partial charge < -0.3 is 15.8 Å². The van der Waals surface area contributed by atoms with Gasteiger partial charge in [-0.05, 0) is 16.7 Å². The molecule has 1 heterocycles. The lowest BCUT2D eigenvalue weighted by molar-refractivity contribution is 0.280. The zero-order chi connectivity index (χ0) is 12.3. The molecule has 1 aromatic heterocycles. The molecule has 1 atom stereocenters. The number of aromatic nitrogens is 2. The summed E-state index contributed by atoms with van der Waals surface area (Å²) in [5.41, 5.74) is 9.90. The van der Waals surface area contributed by atoms with Crippen LogP contribution in [0, 0.1) is 0 Å². The number of benzene rings is 1. The van der Waals surface area contributed by atoms with Gasteiger partial charge in [0.25, 0.3) is 0 Å². The average molecular weight is 231 g/mol. The maximum atomic E-state index is 9.31. The normalized spacial score (nSPS) is 12.6. The van der Waals surface area contributed by atoms with Crippen molar-refractivity contribution >= 4 is 0 Å². The van der Waals surface area contributed by atoms with Crippen molar-refractivity contribution in [2.24, 2.45) is 5.73 Å². The van der Waals surface area contributed by atoms with Crippen LogP contribution in [0.15, 0.2) is 30.7 Å². The number of nitrogens with zero attached hydrogens (tertiary/aromatic N) is 1. The smallest absolute Gasteiger partial charge is 0.0921 e. The fourth-order valence-electron chi connectivity index (χ4n) is 2.13. The minimum atomic E-state index is 0.0239. The molecular formula is C13H17N3O. The molecule has 1 aromatic carbocycles. The highest BCUT2D eigenvalue weighted by atomic mass is 16.3. The molecule has 90 valence electrons. The highest BCUT2D eigenvalue weighted by Gasteiger charge is 2.15. The van der Waals surface area contributed by atoms with Gasteiger partial charge in [0.2, 0.25) is 0 Å². The van der Waals surface area contributed by atoms with E-state index in [2.05, 4.69) is 16.9 Å². The number of aliphatic hydroxyl groups is 1. The van der Waals surface area contributed by atoms with E-state index in [9.17, 15) is 5.11 Å². The summed E-state index contributed by atoms with van der Waals surface area (Å²) in [6.07, 6.45) is 3.49. The fourth-order valence-corrected chi connectivity index (χ4v) is 2.13. The van der Waals surface area contributed by atoms with Crippen molar-refractivity contribution < 1.29 is 5.11 Å². The molecule has 0 saturated heterocycles. The molecule has 0 saturated carbocycles. The van der Waals surface area contributed by atoms with Gasteiger partial charge in [-0.1, -0.05) is 25.1 Å². The Morgan fingerprint density at radius 2 is 2.29 bits per heavy atom. The number of nitrogens with two attached hydrogens (primary N) is 1. The van der Waals surface area contributed by atoms with E-state index in [4.69, 9.17) is 5.73 Å². The second-order valence-corrected chi connectivity index (χ2v) is 4.08. The Balaban J connectivity index is 2.44. The highest BCUT2D eigenvalue weighted by molar-refractivity contribution is 5.39. The molecule has 0 spiro atoms. The van der Waals surface area contributed by atoms with Gasteiger partial charge in [0.1, 0.15) is 0 Å². The summed E-state index contributed by atoms with van der Waals surface area (Å²) >= 11 is 0. The van der Waals surface area contributed by atoms with Gasteiger partial charge in [-0.2, -0.15) is 0 Å². The Kier molecular flexibility index (Phi) is 3.56. The van der Waals surface area contributed by atoms with Crippen LogP contribution in [0.4, 0.5) is 0 Å². The minimum absolute atomic E-state index is 0.0239. The van der Waals surface area contributed by atoms with Crippen molar-refractivity contribution in [2.75, 3.05) is 0 Å². The van der Waals surface area contributed by atoms with Crippen molar-refractivity contribution in [3.63, 3.8) is 0 Å². The van der Waals surface area contributed by atoms with E-state index in [0.29, 0.717) is 6.54 Å². The van der Waals surface area contributed by atoms with Crippen LogP contribution in [0.5, 0.6) is 0 Å². The topological polar surface area (TPSA) is 74.9 Å². The van der Waals surface area contributed by atoms with Crippen LogP contribution >= 0.6 is 0 Å². The van der Waals surface area contributed by atoms with Gasteiger partial charge in [-0.25, -0.2) is 4.98 Å². The van der Waals surface area contributed by atoms with Crippen molar-refractivity contribution in [1.29, 1.82) is 0 Å². The number of nitrogens with one attached hydrogen (secondary N) is 1. The molecule has 0 amide bonds. The van der Waals surface area contributed by atoms with Crippen molar-refractivity contribution in [2.45, 2.75) is 26.0 Å². The summed E-state index contributed by atoms with van der Waals surface area (Å²) in [6.45, 7) is 2.56. The summed E-state index contributed by atoms with van der Waals surface area (Å²) in [5.74, 6) is 0.197. The molecule has 0 aliphatic rings. The van der Waals surface area contributed by atoms with E-state index >= 15 is 0 Å². The molecule has 0 aliphatic heterocycles. The number of imidazole rings is 1. The van der Waals surface area contributed by atoms with E-state index in [1.165, 1.54) is 0 Å². The first kappa shape index (κ1) is 11.8. The third-order valence-corrected chi connectivity index (χ3v) is 3.14. The Labute approximate surface area is 101 Å². The largest absolute Gasteiger partial charge is 0.392 e. The van der Waals surface area contributed by atoms with E-state index in [0.717, 1.165) is 22.4 Å². The van der Waals surface area contributed by atoms with Gasteiger partial charge in [-0.15, -0.1) is 0 Å². The molecule has 4 nitrogen and oxygen atoms in total. The summed E-state index contributed by atoms with van der Waals surface area (Å²) in [7, 11) is 0. The molecule has 0 unspecified atom stereocenters. The van der Waals surface area contributed by atoms with Crippen LogP contribution in [-0.2, 0) is 13.2 Å². The van der Waals surface area contributed by atoms with Gasteiger partial charge in [0.15, 0.2) is 0 Å². The second kappa shape index (κ2) is 5.12. The minimum Gasteiger partial charge on any atom is -0.392 e. The predicted octanol–water partition coefficient (Wildman–Crippen LogP) is 1.51. The monoisotopic (exact) mass is 231 g/mol. The first-order valence-corrected chi connectivity index (χ1v) is 5.67. The number of rotatable bonds is 4. The average Bonchev–Trinajstić information content (AvgIpc) is 2.90. The summed E-state index contributed by atoms with van der Waals surface area (Å²) in [5, 5.41) is 9.31. The maximum Gasteiger partial charge on any atom is 0.0921 e. The van der Waals surface area contributed by atoms with E-state index < -0.39 is 0 Å². The molecule has 2 aromatic rings. The van der Waals surface area contributed by atoms with Gasteiger partial charge in [0, 0.05) is 24.4 Å². The SMILES string of the molecule is C[C@@H](c1cnc[nH]1)c1cccc(CO)c1CN. The van der Waals surface area contributed by atoms with Crippen LogP contribution in [0.2, 0.25) is 0 Å². The van der Waals surface area contributed by atoms with E-state index in [-0.39, 0.29) is 12.5 Å². The van der Waals surface area contributed by atoms with Crippen LogP contribution in [-0.4, -0.2) is 15.1 Å². The lowest BCUT2D eigenvalue weighted by Crippen LogP contribution is -2.09. The number of aliphatic hydroxyl groups excluding tert-OH is 1. The molecule has 0 aliphatic carbocycles. The van der Waals surface area contributed by atoms with Crippen LogP contribution < -0.4 is 5.73 Å². The Morgan fingerprint density at radius 1 is 1.47 bits per heavy atom. The zero-order valence-corrected chi connectivity index (χ0v) is 9.85. The predicted molar refractivity (Wildman–Crippen MR) is 66.4 cm³/mol. The number of hydrogen-bond donors (Lipinski definition) is 3. The molecule has 0 radical (unpaired) electrons. The Hall–Kier alpha value is -1.65. The standard InChI is InChI=1S/C13H17N3O/c1-9(13-6-15-8-16-13)11-4-2-3-10(7-17)12(11)5-14/h2-4,6,8-9,17H,5,7,14H2,1H3,(H,15,16)/t9-/m1/s1. The Bertz CT molecular complexity index is 479. The summed E-state index contributed by atoms with van der Waals surface area (Å²) < 4.78 is 0. The number of hydrogen-bond acceptors (Lipinski definition) is 3. The van der Waals surface area contributed by atoms with Gasteiger partial charge >= 0.3 is 0 Å². The first-order valence-electron chi connectivity index (χ1n) is 5.67. The molecule has 0 fully saturated rings. The van der Waals surface area contributed by atoms with E-state index in [1.807, 2.05) is 24.4 Å². The first-order chi connectivity index (χ1) is 8.27. The molecule has 0 bridgehead atoms. The van der Waals surface area contributed by atoms with Crippen LogP contribution in [0.25, 0.3) is 0 Å². The third-order valence-electron chi connectivity index (χ3n) is 3.14. The highest BCUT2D eigenvalue weighted by Crippen LogP contribution is 2.27. The van der Waals surface area contributed by atoms with Gasteiger partial charge in [-0.3, -0.25) is 0 Å². The zero-order valence-electron chi connectivity index (χ0n) is 9.85. The lowest BCUT2D eigenvalue weighted by Gasteiger charge is -2.17. The van der Waals surface area contributed by atoms with Crippen molar-refractivity contribution in [1.82, 2.24) is 9.97 Å². The Morgan fingerprint density at radius 3 is 2.88 bits per heavy atom. The second-order valence-electron chi connectivity index (χ2n) is 4.08. The number of aromatic amines is 1. The van der Waals surface area contributed by atoms with Crippen molar-refractivity contribution in [3.8, 4) is 0 Å². The maximum absolute atomic E-state index is 9.31. The summed E-state index contributed by atoms with van der Waals surface area (Å²) in [6, 6.07) is 5.91. The van der Waals surface area contributed by atoms with Crippen molar-refractivity contribution in [3.05, 3.63) is 53.1 Å². The number of H-pyrrole nitrogens is 1. The molecule has 2 rings (SSSR count). The molecule has 4 N–H and O–H groups in total. The summed E-state index contributed by atoms with van der Waals surface area (Å²) in [4.78, 5) is 7.14. The van der Waals surface area contributed by atoms with Gasteiger partial charge in [0.05, 0.1) is 12.9 Å². The van der Waals surface area contributed by atoms with Crippen LogP contribution in [0.1, 0.15) is 35.2 Å². The molecule has 4 heteroatoms. The van der Waals surface area contributed by atoms with E-state index in [1.54, 1.807) is 6.33 Å². The molecule has 17 heavy (non-hydrogen) atoms. The quantitative estimate of drug-likeness (QED) is 0.746. The van der Waals surface area contributed by atoms with Crippen LogP contribution in [0.3, 0.4) is 0 Å². The fraction of sp³-hybridized carbons (Fsp3) is 0.308. The lowest BCUT2D eigenvalue weighted by atomic mass is 9.90.